The van der Waals surface area contributed by atoms with Gasteiger partial charge < -0.3 is 0 Å². The van der Waals surface area contributed by atoms with Crippen LogP contribution in [0.25, 0.3) is 0 Å². The van der Waals surface area contributed by atoms with Gasteiger partial charge in [0, 0.05) is 19.5 Å². The van der Waals surface area contributed by atoms with E-state index in [2.05, 4.69) is 0 Å². The van der Waals surface area contributed by atoms with E-state index in [-0.39, 0.29) is 63.6 Å². The van der Waals surface area contributed by atoms with Gasteiger partial charge in [0.15, 0.2) is 0 Å². The van der Waals surface area contributed by atoms with E-state index in [0.29, 0.717) is 0 Å². The molecule has 0 aliphatic rings. The van der Waals surface area contributed by atoms with Crippen LogP contribution < -0.4 is 0 Å². The Kier molecular flexibility index (Phi) is 85.8. The van der Waals surface area contributed by atoms with Crippen LogP contribution in [0.15, 0.2) is 0 Å². The summed E-state index contributed by atoms with van der Waals surface area (Å²) in [5, 5.41) is 0. The van der Waals surface area contributed by atoms with E-state index in [0.717, 1.165) is 0 Å². The number of rotatable bonds is 0. The Hall–Kier alpha value is 1.93. The van der Waals surface area contributed by atoms with Crippen LogP contribution in [0.5, 0.6) is 0 Å². The summed E-state index contributed by atoms with van der Waals surface area (Å²) < 4.78 is 8.42. The van der Waals surface area contributed by atoms with E-state index in [1.807, 2.05) is 0 Å². The topological polar surface area (TPSA) is 17.1 Å². The van der Waals surface area contributed by atoms with Crippen LogP contribution in [0, 0.1) is 0 Å². The van der Waals surface area contributed by atoms with Crippen LogP contribution in [0.2, 0.25) is 0 Å². The number of hydrogen-bond donors (Lipinski definition) is 0. The van der Waals surface area contributed by atoms with Gasteiger partial charge in [-0.3, -0.25) is 0 Å². The predicted molar refractivity (Wildman–Crippen MR) is 17.8 cm³/mol. The molecule has 0 heterocycles. The predicted octanol–water partition coefficient (Wildman–Crippen LogP) is -1.95. The van der Waals surface area contributed by atoms with Crippen molar-refractivity contribution in [3.63, 3.8) is 0 Å². The quantitative estimate of drug-likeness (QED) is 0.467. The molecule has 4 heavy (non-hydrogen) atoms. The molecule has 4 heteroatoms. The Balaban J connectivity index is -0.00000000500. The minimum atomic E-state index is -0.1000. The second kappa shape index (κ2) is 20.4. The molecular weight excluding hydrogens is 266 g/mol. The van der Waals surface area contributed by atoms with Crippen molar-refractivity contribution in [1.29, 1.82) is 0 Å². The van der Waals surface area contributed by atoms with Crippen molar-refractivity contribution in [2.45, 2.75) is 0 Å². The Morgan fingerprint density at radius 3 is 1.25 bits per heavy atom. The molecule has 0 rings (SSSR count). The van der Waals surface area contributed by atoms with Gasteiger partial charge >= 0.3 is 47.0 Å². The van der Waals surface area contributed by atoms with Crippen molar-refractivity contribution < 1.29 is 22.3 Å². The zero-order chi connectivity index (χ0) is 2.00. The van der Waals surface area contributed by atoms with Gasteiger partial charge in [0.05, 0.1) is 0 Å². The average molecular weight is 270 g/mol. The molecule has 0 unspecified atom stereocenters. The fraction of sp³-hybridized carbons (Fsp3) is 0. The van der Waals surface area contributed by atoms with Crippen LogP contribution in [0.4, 0.5) is 0 Å². The standard InChI is InChI=1S/Ga.In.O.Zn.4H. The second-order valence-electron chi connectivity index (χ2n) is 0. The molecule has 0 amide bonds. The summed E-state index contributed by atoms with van der Waals surface area (Å²) in [5.74, 6) is 0. The molecule has 0 saturated carbocycles. The summed E-state index contributed by atoms with van der Waals surface area (Å²) >= 11 is -0.1000. The first-order chi connectivity index (χ1) is 1.00. The fourth-order valence-corrected chi connectivity index (χ4v) is 0. The van der Waals surface area contributed by atoms with Gasteiger partial charge in [-0.25, -0.2) is 0 Å². The number of hydrogen-bond acceptors (Lipinski definition) is 1. The first kappa shape index (κ1) is 16.8. The molecule has 0 bridgehead atoms. The van der Waals surface area contributed by atoms with Crippen molar-refractivity contribution >= 4 is 44.2 Å². The van der Waals surface area contributed by atoms with E-state index in [4.69, 9.17) is 2.85 Å². The van der Waals surface area contributed by atoms with Crippen LogP contribution in [-0.4, -0.2) is 44.2 Å². The van der Waals surface area contributed by atoms with E-state index in [1.165, 1.54) is 0 Å². The van der Waals surface area contributed by atoms with E-state index in [1.54, 1.807) is 0 Å². The average Bonchev–Trinajstić information content (AvgIpc) is 1.00. The zero-order valence-electron chi connectivity index (χ0n) is 1.82. The smallest absolute Gasteiger partial charge is 0 e. The van der Waals surface area contributed by atoms with Crippen LogP contribution in [0.1, 0.15) is 0 Å². The minimum Gasteiger partial charge on any atom is 0 e. The van der Waals surface area contributed by atoms with E-state index < -0.39 is 0 Å². The van der Waals surface area contributed by atoms with Crippen molar-refractivity contribution in [3.05, 3.63) is 0 Å². The maximum absolute atomic E-state index is 8.42. The van der Waals surface area contributed by atoms with Crippen LogP contribution >= 0.6 is 0 Å². The van der Waals surface area contributed by atoms with Crippen LogP contribution in [0.3, 0.4) is 0 Å². The minimum absolute atomic E-state index is 0. The molecule has 0 aromatic carbocycles. The van der Waals surface area contributed by atoms with Crippen molar-refractivity contribution in [2.24, 2.45) is 0 Å². The molecule has 1 nitrogen and oxygen atoms in total. The van der Waals surface area contributed by atoms with Gasteiger partial charge in [-0.2, -0.15) is 0 Å². The van der Waals surface area contributed by atoms with Crippen molar-refractivity contribution in [2.75, 3.05) is 0 Å². The zero-order valence-corrected chi connectivity index (χ0v) is 8.83. The molecule has 0 radical (unpaired) electrons. The van der Waals surface area contributed by atoms with Gasteiger partial charge in [0.25, 0.3) is 0 Å². The summed E-state index contributed by atoms with van der Waals surface area (Å²) in [4.78, 5) is 0. The molecule has 0 fully saturated rings. The maximum atomic E-state index is 8.42. The van der Waals surface area contributed by atoms with Gasteiger partial charge in [-0.05, 0) is 0 Å². The molecule has 0 aromatic heterocycles. The summed E-state index contributed by atoms with van der Waals surface area (Å²) in [6.07, 6.45) is 0. The third-order valence-electron chi connectivity index (χ3n) is 0. The molecular formula is H4GaInOZn. The molecule has 0 aromatic rings. The molecule has 0 aliphatic heterocycles. The van der Waals surface area contributed by atoms with E-state index >= 15 is 0 Å². The largest absolute Gasteiger partial charge is 0 e. The van der Waals surface area contributed by atoms with Gasteiger partial charge in [-0.1, -0.05) is 0 Å². The fourth-order valence-electron chi connectivity index (χ4n) is 0. The molecule has 0 saturated heterocycles. The van der Waals surface area contributed by atoms with Crippen molar-refractivity contribution in [3.8, 4) is 0 Å². The first-order valence-corrected chi connectivity index (χ1v) is 1.94. The summed E-state index contributed by atoms with van der Waals surface area (Å²) in [6, 6.07) is 0. The van der Waals surface area contributed by atoms with Crippen molar-refractivity contribution in [1.82, 2.24) is 0 Å². The Labute approximate surface area is 65.7 Å². The molecule has 0 atom stereocenters. The summed E-state index contributed by atoms with van der Waals surface area (Å²) in [6.45, 7) is 0. The maximum Gasteiger partial charge on any atom is 0 e. The SMILES string of the molecule is [GaH3].[O]=[InH].[Zn]. The Bertz CT molecular complexity index is 8.00. The molecule has 0 aliphatic carbocycles. The van der Waals surface area contributed by atoms with Gasteiger partial charge in [0.1, 0.15) is 0 Å². The first-order valence-electron chi connectivity index (χ1n) is 0.289. The normalized spacial score (nSPS) is 0.750. The van der Waals surface area contributed by atoms with Gasteiger partial charge in [0.2, 0.25) is 0 Å². The molecule has 0 spiro atoms. The monoisotopic (exact) mass is 268 g/mol. The third-order valence-corrected chi connectivity index (χ3v) is 0. The molecule has 18 valence electrons. The third kappa shape index (κ3) is 9.06. The van der Waals surface area contributed by atoms with Crippen LogP contribution in [-0.2, 0) is 22.3 Å². The molecule has 0 N–H and O–H groups in total. The summed E-state index contributed by atoms with van der Waals surface area (Å²) in [5.41, 5.74) is 0. The Morgan fingerprint density at radius 2 is 1.25 bits per heavy atom. The van der Waals surface area contributed by atoms with E-state index in [9.17, 15) is 0 Å². The van der Waals surface area contributed by atoms with Gasteiger partial charge in [-0.15, -0.1) is 0 Å². The Morgan fingerprint density at radius 1 is 1.25 bits per heavy atom. The summed E-state index contributed by atoms with van der Waals surface area (Å²) in [7, 11) is 0. The second-order valence-corrected chi connectivity index (χ2v) is 0.